The minimum atomic E-state index is 0.0322. The molecule has 3 heteroatoms. The molecule has 0 unspecified atom stereocenters. The van der Waals surface area contributed by atoms with Crippen molar-refractivity contribution in [2.24, 2.45) is 10.8 Å². The average molecular weight is 338 g/mol. The monoisotopic (exact) mass is 337 g/mol. The summed E-state index contributed by atoms with van der Waals surface area (Å²) in [6.07, 6.45) is 3.32. The van der Waals surface area contributed by atoms with Gasteiger partial charge in [0.1, 0.15) is 0 Å². The van der Waals surface area contributed by atoms with Crippen LogP contribution < -0.4 is 5.32 Å². The van der Waals surface area contributed by atoms with E-state index in [0.29, 0.717) is 0 Å². The van der Waals surface area contributed by atoms with E-state index in [2.05, 4.69) is 48.9 Å². The third kappa shape index (κ3) is 4.08. The van der Waals surface area contributed by atoms with Crippen LogP contribution in [0.1, 0.15) is 57.3 Å². The summed E-state index contributed by atoms with van der Waals surface area (Å²) in [5.41, 5.74) is 1.30. The Bertz CT molecular complexity index is 491. The van der Waals surface area contributed by atoms with Gasteiger partial charge in [0.2, 0.25) is 0 Å². The Morgan fingerprint density at radius 1 is 1.20 bits per heavy atom. The van der Waals surface area contributed by atoms with Crippen LogP contribution in [0.15, 0.2) is 28.7 Å². The Hall–Kier alpha value is -0.830. The lowest BCUT2D eigenvalue weighted by Crippen LogP contribution is -2.46. The minimum absolute atomic E-state index is 0.0322. The highest BCUT2D eigenvalue weighted by Gasteiger charge is 2.38. The molecule has 2 rings (SSSR count). The maximum atomic E-state index is 12.4. The van der Waals surface area contributed by atoms with Crippen LogP contribution in [0.3, 0.4) is 0 Å². The van der Waals surface area contributed by atoms with Crippen molar-refractivity contribution in [1.82, 2.24) is 5.32 Å². The van der Waals surface area contributed by atoms with E-state index in [0.717, 1.165) is 22.9 Å². The van der Waals surface area contributed by atoms with Crippen molar-refractivity contribution in [3.63, 3.8) is 0 Å². The van der Waals surface area contributed by atoms with Gasteiger partial charge in [-0.25, -0.2) is 0 Å². The van der Waals surface area contributed by atoms with E-state index in [1.54, 1.807) is 0 Å². The van der Waals surface area contributed by atoms with Gasteiger partial charge in [-0.15, -0.1) is 0 Å². The molecule has 20 heavy (non-hydrogen) atoms. The van der Waals surface area contributed by atoms with E-state index >= 15 is 0 Å². The molecule has 2 nitrogen and oxygen atoms in total. The van der Waals surface area contributed by atoms with Crippen molar-refractivity contribution in [1.29, 1.82) is 0 Å². The Balaban J connectivity index is 2.08. The molecule has 1 aromatic rings. The van der Waals surface area contributed by atoms with Crippen molar-refractivity contribution in [3.05, 3.63) is 34.3 Å². The second-order valence-electron chi connectivity index (χ2n) is 7.59. The molecule has 0 saturated heterocycles. The average Bonchev–Trinajstić information content (AvgIpc) is 2.24. The first-order chi connectivity index (χ1) is 9.17. The Labute approximate surface area is 130 Å². The highest BCUT2D eigenvalue weighted by Crippen LogP contribution is 2.45. The molecule has 110 valence electrons. The molecule has 1 amide bonds. The molecular weight excluding hydrogens is 314 g/mol. The van der Waals surface area contributed by atoms with E-state index in [1.165, 1.54) is 6.42 Å². The highest BCUT2D eigenvalue weighted by atomic mass is 79.9. The van der Waals surface area contributed by atoms with Gasteiger partial charge in [0.05, 0.1) is 0 Å². The van der Waals surface area contributed by atoms with Crippen LogP contribution in [0.5, 0.6) is 0 Å². The maximum Gasteiger partial charge on any atom is 0.251 e. The standard InChI is InChI=1S/C17H24BrNO/c1-16(2)9-14(10-17(3,4)11-16)19-15(20)12-6-5-7-13(18)8-12/h5-8,14H,9-11H2,1-4H3,(H,19,20). The summed E-state index contributed by atoms with van der Waals surface area (Å²) in [5, 5.41) is 3.21. The predicted molar refractivity (Wildman–Crippen MR) is 86.8 cm³/mol. The van der Waals surface area contributed by atoms with E-state index < -0.39 is 0 Å². The zero-order chi connectivity index (χ0) is 15.0. The summed E-state index contributed by atoms with van der Waals surface area (Å²) in [5.74, 6) is 0.0322. The Morgan fingerprint density at radius 2 is 1.80 bits per heavy atom. The number of hydrogen-bond donors (Lipinski definition) is 1. The van der Waals surface area contributed by atoms with E-state index in [1.807, 2.05) is 24.3 Å². The Kier molecular flexibility index (Phi) is 4.29. The van der Waals surface area contributed by atoms with Crippen LogP contribution in [0.4, 0.5) is 0 Å². The number of halogens is 1. The molecule has 1 aliphatic rings. The number of carbonyl (C=O) groups is 1. The first-order valence-electron chi connectivity index (χ1n) is 7.23. The highest BCUT2D eigenvalue weighted by molar-refractivity contribution is 9.10. The van der Waals surface area contributed by atoms with E-state index in [9.17, 15) is 4.79 Å². The number of carbonyl (C=O) groups excluding carboxylic acids is 1. The number of rotatable bonds is 2. The molecule has 1 aliphatic carbocycles. The summed E-state index contributed by atoms with van der Waals surface area (Å²) in [4.78, 5) is 12.4. The lowest BCUT2D eigenvalue weighted by molar-refractivity contribution is 0.0713. The smallest absolute Gasteiger partial charge is 0.251 e. The maximum absolute atomic E-state index is 12.4. The van der Waals surface area contributed by atoms with Crippen LogP contribution in [-0.4, -0.2) is 11.9 Å². The molecule has 1 aromatic carbocycles. The van der Waals surface area contributed by atoms with Crippen molar-refractivity contribution < 1.29 is 4.79 Å². The van der Waals surface area contributed by atoms with Gasteiger partial charge in [-0.1, -0.05) is 49.7 Å². The van der Waals surface area contributed by atoms with Crippen LogP contribution in [0.25, 0.3) is 0 Å². The molecule has 0 bridgehead atoms. The zero-order valence-corrected chi connectivity index (χ0v) is 14.4. The topological polar surface area (TPSA) is 29.1 Å². The molecular formula is C17H24BrNO. The SMILES string of the molecule is CC1(C)CC(NC(=O)c2cccc(Br)c2)CC(C)(C)C1. The minimum Gasteiger partial charge on any atom is -0.349 e. The second-order valence-corrected chi connectivity index (χ2v) is 8.51. The third-order valence-electron chi connectivity index (χ3n) is 3.98. The van der Waals surface area contributed by atoms with Crippen molar-refractivity contribution >= 4 is 21.8 Å². The first kappa shape index (κ1) is 15.6. The molecule has 1 fully saturated rings. The summed E-state index contributed by atoms with van der Waals surface area (Å²) in [7, 11) is 0. The van der Waals surface area contributed by atoms with Gasteiger partial charge < -0.3 is 5.32 Å². The van der Waals surface area contributed by atoms with Crippen molar-refractivity contribution in [2.45, 2.75) is 53.0 Å². The van der Waals surface area contributed by atoms with E-state index in [-0.39, 0.29) is 22.8 Å². The first-order valence-corrected chi connectivity index (χ1v) is 8.03. The number of benzene rings is 1. The Morgan fingerprint density at radius 3 is 2.35 bits per heavy atom. The van der Waals surface area contributed by atoms with Gasteiger partial charge >= 0.3 is 0 Å². The summed E-state index contributed by atoms with van der Waals surface area (Å²) in [6, 6.07) is 7.82. The van der Waals surface area contributed by atoms with Gasteiger partial charge in [0.15, 0.2) is 0 Å². The summed E-state index contributed by atoms with van der Waals surface area (Å²) >= 11 is 3.41. The van der Waals surface area contributed by atoms with Crippen LogP contribution in [-0.2, 0) is 0 Å². The molecule has 0 spiro atoms. The molecule has 0 heterocycles. The van der Waals surface area contributed by atoms with Crippen molar-refractivity contribution in [2.75, 3.05) is 0 Å². The van der Waals surface area contributed by atoms with Gasteiger partial charge in [-0.2, -0.15) is 0 Å². The molecule has 1 saturated carbocycles. The molecule has 0 aromatic heterocycles. The zero-order valence-electron chi connectivity index (χ0n) is 12.8. The lowest BCUT2D eigenvalue weighted by atomic mass is 9.63. The van der Waals surface area contributed by atoms with Gasteiger partial charge in [0, 0.05) is 16.1 Å². The number of nitrogens with one attached hydrogen (secondary N) is 1. The van der Waals surface area contributed by atoms with Crippen LogP contribution in [0, 0.1) is 10.8 Å². The summed E-state index contributed by atoms with van der Waals surface area (Å²) in [6.45, 7) is 9.19. The lowest BCUT2D eigenvalue weighted by Gasteiger charge is -2.45. The summed E-state index contributed by atoms with van der Waals surface area (Å²) < 4.78 is 0.939. The quantitative estimate of drug-likeness (QED) is 0.826. The van der Waals surface area contributed by atoms with Crippen LogP contribution in [0.2, 0.25) is 0 Å². The largest absolute Gasteiger partial charge is 0.349 e. The molecule has 0 atom stereocenters. The normalized spacial score (nSPS) is 21.4. The predicted octanol–water partition coefficient (Wildman–Crippen LogP) is 4.78. The fraction of sp³-hybridized carbons (Fsp3) is 0.588. The number of amides is 1. The molecule has 0 aliphatic heterocycles. The number of hydrogen-bond acceptors (Lipinski definition) is 1. The fourth-order valence-electron chi connectivity index (χ4n) is 3.85. The fourth-order valence-corrected chi connectivity index (χ4v) is 4.25. The van der Waals surface area contributed by atoms with Gasteiger partial charge in [0.25, 0.3) is 5.91 Å². The molecule has 0 radical (unpaired) electrons. The molecule has 1 N–H and O–H groups in total. The van der Waals surface area contributed by atoms with Gasteiger partial charge in [-0.3, -0.25) is 4.79 Å². The van der Waals surface area contributed by atoms with Gasteiger partial charge in [-0.05, 0) is 48.3 Å². The second kappa shape index (κ2) is 5.51. The van der Waals surface area contributed by atoms with E-state index in [4.69, 9.17) is 0 Å². The van der Waals surface area contributed by atoms with Crippen molar-refractivity contribution in [3.8, 4) is 0 Å². The van der Waals surface area contributed by atoms with Crippen LogP contribution >= 0.6 is 15.9 Å². The third-order valence-corrected chi connectivity index (χ3v) is 4.47.